The molecule has 0 amide bonds. The average Bonchev–Trinajstić information content (AvgIpc) is 2.94. The van der Waals surface area contributed by atoms with Gasteiger partial charge >= 0.3 is 0 Å². The Morgan fingerprint density at radius 2 is 1.74 bits per heavy atom. The molecule has 1 heterocycles. The lowest BCUT2D eigenvalue weighted by molar-refractivity contribution is 0.690. The molecule has 0 spiro atoms. The molecule has 140 valence electrons. The normalized spacial score (nSPS) is 10.7. The lowest BCUT2D eigenvalue weighted by atomic mass is 10.2. The fourth-order valence-electron chi connectivity index (χ4n) is 2.25. The summed E-state index contributed by atoms with van der Waals surface area (Å²) in [5.41, 5.74) is 1.43. The Bertz CT molecular complexity index is 1000. The van der Waals surface area contributed by atoms with Crippen LogP contribution in [0.1, 0.15) is 5.56 Å². The third-order valence-electron chi connectivity index (χ3n) is 3.50. The van der Waals surface area contributed by atoms with Crippen molar-refractivity contribution in [2.75, 3.05) is 10.6 Å². The van der Waals surface area contributed by atoms with Crippen molar-refractivity contribution < 1.29 is 0 Å². The van der Waals surface area contributed by atoms with Gasteiger partial charge in [-0.25, -0.2) is 0 Å². The van der Waals surface area contributed by atoms with Gasteiger partial charge in [0, 0.05) is 16.2 Å². The number of hydrogen-bond donors (Lipinski definition) is 2. The Balaban J connectivity index is 1.71. The second-order valence-corrected chi connectivity index (χ2v) is 7.88. The van der Waals surface area contributed by atoms with Crippen LogP contribution in [0.3, 0.4) is 0 Å². The van der Waals surface area contributed by atoms with Crippen molar-refractivity contribution in [3.8, 4) is 0 Å². The third-order valence-corrected chi connectivity index (χ3v) is 5.38. The number of rotatable bonds is 4. The third kappa shape index (κ3) is 5.19. The van der Waals surface area contributed by atoms with Gasteiger partial charge in [-0.05, 0) is 42.0 Å². The first kappa shape index (κ1) is 20.5. The van der Waals surface area contributed by atoms with Gasteiger partial charge in [0.25, 0.3) is 0 Å². The molecule has 0 radical (unpaired) electrons. The fraction of sp³-hybridized carbons (Fsp3) is 0.0588. The van der Waals surface area contributed by atoms with Crippen LogP contribution in [0.5, 0.6) is 0 Å². The van der Waals surface area contributed by atoms with E-state index in [1.54, 1.807) is 41.2 Å². The topological polar surface area (TPSA) is 41.9 Å². The van der Waals surface area contributed by atoms with Crippen LogP contribution in [-0.2, 0) is 6.54 Å². The van der Waals surface area contributed by atoms with Crippen LogP contribution in [-0.4, -0.2) is 14.9 Å². The zero-order valence-electron chi connectivity index (χ0n) is 13.4. The molecule has 0 aliphatic heterocycles. The lowest BCUT2D eigenvalue weighted by Gasteiger charge is -2.11. The van der Waals surface area contributed by atoms with Gasteiger partial charge < -0.3 is 10.6 Å². The van der Waals surface area contributed by atoms with Crippen molar-refractivity contribution in [1.29, 1.82) is 0 Å². The number of benzene rings is 2. The van der Waals surface area contributed by atoms with E-state index in [4.69, 9.17) is 70.2 Å². The number of halogens is 5. The maximum absolute atomic E-state index is 6.25. The van der Waals surface area contributed by atoms with E-state index in [1.165, 1.54) is 0 Å². The van der Waals surface area contributed by atoms with Crippen molar-refractivity contribution in [3.63, 3.8) is 0 Å². The van der Waals surface area contributed by atoms with Crippen LogP contribution in [0.2, 0.25) is 25.1 Å². The molecule has 0 saturated carbocycles. The van der Waals surface area contributed by atoms with E-state index in [1.807, 2.05) is 6.07 Å². The van der Waals surface area contributed by atoms with Gasteiger partial charge in [0.15, 0.2) is 10.9 Å². The molecule has 0 aliphatic rings. The molecule has 1 aromatic heterocycles. The van der Waals surface area contributed by atoms with Gasteiger partial charge in [-0.15, -0.1) is 0 Å². The number of aromatic nitrogens is 2. The molecule has 4 nitrogen and oxygen atoms in total. The molecule has 2 N–H and O–H groups in total. The molecule has 3 aromatic rings. The van der Waals surface area contributed by atoms with Crippen LogP contribution < -0.4 is 10.6 Å². The SMILES string of the molecule is S=C(Nc1cccc(Cl)c1Cl)Nc1nn(Cc2ccc(Cl)cc2Cl)cc1Cl. The summed E-state index contributed by atoms with van der Waals surface area (Å²) in [6.07, 6.45) is 1.67. The number of nitrogens with zero attached hydrogens (tertiary/aromatic N) is 2. The quantitative estimate of drug-likeness (QED) is 0.394. The largest absolute Gasteiger partial charge is 0.331 e. The molecular formula is C17H11Cl5N4S. The first-order valence-electron chi connectivity index (χ1n) is 7.52. The number of hydrogen-bond acceptors (Lipinski definition) is 2. The summed E-state index contributed by atoms with van der Waals surface area (Å²) < 4.78 is 1.65. The molecule has 0 aliphatic carbocycles. The summed E-state index contributed by atoms with van der Waals surface area (Å²) in [5.74, 6) is 0.400. The summed E-state index contributed by atoms with van der Waals surface area (Å²) >= 11 is 35.8. The van der Waals surface area contributed by atoms with E-state index >= 15 is 0 Å². The smallest absolute Gasteiger partial charge is 0.176 e. The highest BCUT2D eigenvalue weighted by Crippen LogP contribution is 2.30. The van der Waals surface area contributed by atoms with Crippen LogP contribution in [0, 0.1) is 0 Å². The minimum Gasteiger partial charge on any atom is -0.331 e. The van der Waals surface area contributed by atoms with Gasteiger partial charge in [0.1, 0.15) is 5.02 Å². The summed E-state index contributed by atoms with van der Waals surface area (Å²) in [7, 11) is 0. The summed E-state index contributed by atoms with van der Waals surface area (Å²) in [5, 5.41) is 12.9. The lowest BCUT2D eigenvalue weighted by Crippen LogP contribution is -2.20. The molecule has 10 heteroatoms. The van der Waals surface area contributed by atoms with Crippen molar-refractivity contribution in [1.82, 2.24) is 9.78 Å². The zero-order chi connectivity index (χ0) is 19.6. The highest BCUT2D eigenvalue weighted by Gasteiger charge is 2.12. The molecular weight excluding hydrogens is 470 g/mol. The number of nitrogens with one attached hydrogen (secondary N) is 2. The molecule has 0 unspecified atom stereocenters. The van der Waals surface area contributed by atoms with E-state index in [0.29, 0.717) is 43.2 Å². The molecule has 3 rings (SSSR count). The predicted molar refractivity (Wildman–Crippen MR) is 119 cm³/mol. The number of thiocarbonyl (C=S) groups is 1. The summed E-state index contributed by atoms with van der Waals surface area (Å²) in [4.78, 5) is 0. The standard InChI is InChI=1S/C17H11Cl5N4S/c18-10-5-4-9(12(20)6-10)7-26-8-13(21)16(25-26)24-17(27)23-14-3-1-2-11(19)15(14)22/h1-6,8H,7H2,(H2,23,24,25,27). The monoisotopic (exact) mass is 478 g/mol. The minimum atomic E-state index is 0.274. The van der Waals surface area contributed by atoms with Gasteiger partial charge in [-0.1, -0.05) is 70.1 Å². The first-order chi connectivity index (χ1) is 12.8. The fourth-order valence-corrected chi connectivity index (χ4v) is 3.47. The predicted octanol–water partition coefficient (Wildman–Crippen LogP) is 7.01. The van der Waals surface area contributed by atoms with E-state index in [2.05, 4.69) is 15.7 Å². The van der Waals surface area contributed by atoms with E-state index in [-0.39, 0.29) is 5.11 Å². The number of anilines is 2. The molecule has 0 atom stereocenters. The van der Waals surface area contributed by atoms with Crippen LogP contribution in [0.15, 0.2) is 42.6 Å². The Labute approximate surface area is 186 Å². The van der Waals surface area contributed by atoms with E-state index < -0.39 is 0 Å². The molecule has 0 bridgehead atoms. The van der Waals surface area contributed by atoms with Crippen molar-refractivity contribution in [2.45, 2.75) is 6.54 Å². The minimum absolute atomic E-state index is 0.274. The Morgan fingerprint density at radius 1 is 0.963 bits per heavy atom. The van der Waals surface area contributed by atoms with E-state index in [0.717, 1.165) is 5.56 Å². The van der Waals surface area contributed by atoms with Crippen LogP contribution in [0.25, 0.3) is 0 Å². The molecule has 27 heavy (non-hydrogen) atoms. The second-order valence-electron chi connectivity index (χ2n) is 5.44. The maximum Gasteiger partial charge on any atom is 0.176 e. The Kier molecular flexibility index (Phi) is 6.74. The summed E-state index contributed by atoms with van der Waals surface area (Å²) in [6.45, 7) is 0.428. The van der Waals surface area contributed by atoms with Crippen LogP contribution in [0.4, 0.5) is 11.5 Å². The van der Waals surface area contributed by atoms with Gasteiger partial charge in [0.2, 0.25) is 0 Å². The second kappa shape index (κ2) is 8.86. The first-order valence-corrected chi connectivity index (χ1v) is 9.82. The van der Waals surface area contributed by atoms with Crippen molar-refractivity contribution >= 4 is 86.8 Å². The zero-order valence-corrected chi connectivity index (χ0v) is 18.0. The molecule has 2 aromatic carbocycles. The van der Waals surface area contributed by atoms with E-state index in [9.17, 15) is 0 Å². The molecule has 0 fully saturated rings. The van der Waals surface area contributed by atoms with Crippen molar-refractivity contribution in [2.24, 2.45) is 0 Å². The summed E-state index contributed by atoms with van der Waals surface area (Å²) in [6, 6.07) is 10.5. The highest BCUT2D eigenvalue weighted by molar-refractivity contribution is 7.80. The Hall–Kier alpha value is -1.21. The van der Waals surface area contributed by atoms with Gasteiger partial charge in [-0.2, -0.15) is 5.10 Å². The molecule has 0 saturated heterocycles. The van der Waals surface area contributed by atoms with Gasteiger partial charge in [0.05, 0.1) is 22.3 Å². The average molecular weight is 481 g/mol. The Morgan fingerprint density at radius 3 is 2.48 bits per heavy atom. The van der Waals surface area contributed by atoms with Gasteiger partial charge in [-0.3, -0.25) is 4.68 Å². The van der Waals surface area contributed by atoms with Crippen LogP contribution >= 0.6 is 70.2 Å². The maximum atomic E-state index is 6.25. The highest BCUT2D eigenvalue weighted by atomic mass is 35.5. The van der Waals surface area contributed by atoms with Crippen molar-refractivity contribution in [3.05, 3.63) is 73.3 Å².